The standard InChI is InChI=1S/C32H41N3O4/c1-24(2)21-27-23-39-30-13-7-6-12-28(30)32(37)34(19-20-38-3)17-8-4-5-9-18-35(27)31(36)26-14-15-29-25(22-26)11-10-16-33-29/h6-7,10-16,22,24,27H,4-5,8-9,17-21,23H2,1-3H3/t27-/m0/s1. The molecule has 2 aromatic carbocycles. The quantitative estimate of drug-likeness (QED) is 0.400. The van der Waals surface area contributed by atoms with Crippen molar-refractivity contribution in [1.29, 1.82) is 0 Å². The molecule has 1 aliphatic rings. The third-order valence-electron chi connectivity index (χ3n) is 7.27. The number of hydrogen-bond donors (Lipinski definition) is 0. The number of para-hydroxylation sites is 1. The molecule has 0 bridgehead atoms. The van der Waals surface area contributed by atoms with Crippen LogP contribution in [0.3, 0.4) is 0 Å². The van der Waals surface area contributed by atoms with Crippen molar-refractivity contribution in [3.8, 4) is 5.75 Å². The highest BCUT2D eigenvalue weighted by atomic mass is 16.5. The van der Waals surface area contributed by atoms with E-state index in [9.17, 15) is 9.59 Å². The Balaban J connectivity index is 1.64. The van der Waals surface area contributed by atoms with Crippen LogP contribution in [0.1, 0.15) is 66.7 Å². The lowest BCUT2D eigenvalue weighted by Gasteiger charge is -2.34. The highest BCUT2D eigenvalue weighted by Crippen LogP contribution is 2.25. The lowest BCUT2D eigenvalue weighted by molar-refractivity contribution is 0.0562. The fraction of sp³-hybridized carbons (Fsp3) is 0.469. The van der Waals surface area contributed by atoms with E-state index in [-0.39, 0.29) is 17.9 Å². The third-order valence-corrected chi connectivity index (χ3v) is 7.27. The van der Waals surface area contributed by atoms with Crippen LogP contribution < -0.4 is 4.74 Å². The molecular weight excluding hydrogens is 490 g/mol. The summed E-state index contributed by atoms with van der Waals surface area (Å²) in [5.74, 6) is 0.893. The first-order valence-electron chi connectivity index (χ1n) is 14.1. The smallest absolute Gasteiger partial charge is 0.257 e. The predicted octanol–water partition coefficient (Wildman–Crippen LogP) is 5.83. The number of aromatic nitrogens is 1. The number of amides is 2. The minimum atomic E-state index is -0.127. The van der Waals surface area contributed by atoms with Crippen molar-refractivity contribution >= 4 is 22.7 Å². The molecule has 3 aromatic rings. The Morgan fingerprint density at radius 2 is 1.85 bits per heavy atom. The van der Waals surface area contributed by atoms with E-state index in [1.54, 1.807) is 13.3 Å². The Morgan fingerprint density at radius 3 is 2.64 bits per heavy atom. The number of benzene rings is 2. The summed E-state index contributed by atoms with van der Waals surface area (Å²) in [6.07, 6.45) is 6.35. The molecule has 1 aromatic heterocycles. The predicted molar refractivity (Wildman–Crippen MR) is 154 cm³/mol. The van der Waals surface area contributed by atoms with Gasteiger partial charge in [0, 0.05) is 43.9 Å². The van der Waals surface area contributed by atoms with Crippen molar-refractivity contribution in [2.24, 2.45) is 5.92 Å². The van der Waals surface area contributed by atoms with Gasteiger partial charge >= 0.3 is 0 Å². The topological polar surface area (TPSA) is 72.0 Å². The molecule has 0 saturated carbocycles. The molecule has 208 valence electrons. The number of methoxy groups -OCH3 is 1. The average molecular weight is 532 g/mol. The van der Waals surface area contributed by atoms with Gasteiger partial charge in [0.25, 0.3) is 11.8 Å². The molecule has 0 spiro atoms. The Kier molecular flexibility index (Phi) is 10.3. The fourth-order valence-electron chi connectivity index (χ4n) is 5.23. The van der Waals surface area contributed by atoms with E-state index in [0.717, 1.165) is 43.0 Å². The number of ether oxygens (including phenoxy) is 2. The SMILES string of the molecule is COCCN1CCCCCCN(C(=O)c2ccc3ncccc3c2)[C@@H](CC(C)C)COc2ccccc2C1=O. The van der Waals surface area contributed by atoms with Crippen molar-refractivity contribution in [3.63, 3.8) is 0 Å². The molecule has 0 aliphatic carbocycles. The van der Waals surface area contributed by atoms with Gasteiger partial charge in [-0.1, -0.05) is 44.9 Å². The molecule has 0 fully saturated rings. The Hall–Kier alpha value is -3.45. The monoisotopic (exact) mass is 531 g/mol. The molecule has 0 unspecified atom stereocenters. The number of fused-ring (bicyclic) bond motifs is 2. The molecule has 39 heavy (non-hydrogen) atoms. The summed E-state index contributed by atoms with van der Waals surface area (Å²) in [5, 5.41) is 0.951. The molecule has 1 aliphatic heterocycles. The summed E-state index contributed by atoms with van der Waals surface area (Å²) in [4.78, 5) is 35.8. The second-order valence-electron chi connectivity index (χ2n) is 10.7. The van der Waals surface area contributed by atoms with Crippen molar-refractivity contribution < 1.29 is 19.1 Å². The van der Waals surface area contributed by atoms with E-state index in [0.29, 0.717) is 55.6 Å². The van der Waals surface area contributed by atoms with Crippen LogP contribution in [0.4, 0.5) is 0 Å². The summed E-state index contributed by atoms with van der Waals surface area (Å²) in [6.45, 7) is 7.03. The van der Waals surface area contributed by atoms with Crippen molar-refractivity contribution in [2.45, 2.75) is 52.0 Å². The first-order chi connectivity index (χ1) is 19.0. The molecular formula is C32H41N3O4. The second-order valence-corrected chi connectivity index (χ2v) is 10.7. The summed E-state index contributed by atoms with van der Waals surface area (Å²) in [6, 6.07) is 16.9. The third kappa shape index (κ3) is 7.57. The summed E-state index contributed by atoms with van der Waals surface area (Å²) >= 11 is 0. The minimum absolute atomic E-state index is 0.0113. The van der Waals surface area contributed by atoms with Gasteiger partial charge in [-0.05, 0) is 61.6 Å². The van der Waals surface area contributed by atoms with E-state index in [1.165, 1.54) is 0 Å². The summed E-state index contributed by atoms with van der Waals surface area (Å²) in [7, 11) is 1.66. The largest absolute Gasteiger partial charge is 0.491 e. The Morgan fingerprint density at radius 1 is 1.05 bits per heavy atom. The molecule has 1 atom stereocenters. The van der Waals surface area contributed by atoms with E-state index in [2.05, 4.69) is 18.8 Å². The van der Waals surface area contributed by atoms with Gasteiger partial charge in [0.1, 0.15) is 12.4 Å². The lowest BCUT2D eigenvalue weighted by atomic mass is 10.0. The zero-order valence-electron chi connectivity index (χ0n) is 23.5. The van der Waals surface area contributed by atoms with Crippen LogP contribution in [-0.4, -0.2) is 72.6 Å². The van der Waals surface area contributed by atoms with E-state index in [4.69, 9.17) is 9.47 Å². The minimum Gasteiger partial charge on any atom is -0.491 e. The van der Waals surface area contributed by atoms with Crippen molar-refractivity contribution in [3.05, 3.63) is 71.9 Å². The molecule has 4 rings (SSSR count). The second kappa shape index (κ2) is 14.1. The average Bonchev–Trinajstić information content (AvgIpc) is 2.95. The number of pyridine rings is 1. The molecule has 7 nitrogen and oxygen atoms in total. The van der Waals surface area contributed by atoms with Gasteiger partial charge in [0.05, 0.1) is 23.7 Å². The van der Waals surface area contributed by atoms with Crippen LogP contribution in [0.25, 0.3) is 10.9 Å². The van der Waals surface area contributed by atoms with E-state index >= 15 is 0 Å². The van der Waals surface area contributed by atoms with E-state index in [1.807, 2.05) is 64.4 Å². The summed E-state index contributed by atoms with van der Waals surface area (Å²) in [5.41, 5.74) is 2.08. The van der Waals surface area contributed by atoms with Gasteiger partial charge in [0.15, 0.2) is 0 Å². The van der Waals surface area contributed by atoms with Gasteiger partial charge in [-0.25, -0.2) is 0 Å². The van der Waals surface area contributed by atoms with Crippen molar-refractivity contribution in [1.82, 2.24) is 14.8 Å². The molecule has 0 saturated heterocycles. The van der Waals surface area contributed by atoms with Gasteiger partial charge in [-0.3, -0.25) is 14.6 Å². The highest BCUT2D eigenvalue weighted by Gasteiger charge is 2.28. The van der Waals surface area contributed by atoms with Crippen LogP contribution >= 0.6 is 0 Å². The number of carbonyl (C=O) groups is 2. The van der Waals surface area contributed by atoms with Gasteiger partial charge in [-0.2, -0.15) is 0 Å². The maximum Gasteiger partial charge on any atom is 0.257 e. The van der Waals surface area contributed by atoms with Crippen LogP contribution in [0.15, 0.2) is 60.8 Å². The summed E-state index contributed by atoms with van der Waals surface area (Å²) < 4.78 is 11.6. The molecule has 0 radical (unpaired) electrons. The number of carbonyl (C=O) groups excluding carboxylic acids is 2. The fourth-order valence-corrected chi connectivity index (χ4v) is 5.23. The maximum absolute atomic E-state index is 14.0. The molecule has 7 heteroatoms. The Bertz CT molecular complexity index is 1240. The van der Waals surface area contributed by atoms with Gasteiger partial charge < -0.3 is 19.3 Å². The van der Waals surface area contributed by atoms with Crippen LogP contribution in [0.5, 0.6) is 5.75 Å². The first-order valence-corrected chi connectivity index (χ1v) is 14.1. The Labute approximate surface area is 232 Å². The molecule has 2 amide bonds. The van der Waals surface area contributed by atoms with Crippen LogP contribution in [-0.2, 0) is 4.74 Å². The number of nitrogens with zero attached hydrogens (tertiary/aromatic N) is 3. The first kappa shape index (κ1) is 28.6. The van der Waals surface area contributed by atoms with Crippen molar-refractivity contribution in [2.75, 3.05) is 40.0 Å². The number of hydrogen-bond acceptors (Lipinski definition) is 5. The normalized spacial score (nSPS) is 17.5. The number of rotatable bonds is 6. The molecule has 0 N–H and O–H groups in total. The lowest BCUT2D eigenvalue weighted by Crippen LogP contribution is -2.45. The highest BCUT2D eigenvalue weighted by molar-refractivity contribution is 5.98. The zero-order valence-corrected chi connectivity index (χ0v) is 23.5. The zero-order chi connectivity index (χ0) is 27.6. The molecule has 2 heterocycles. The maximum atomic E-state index is 14.0. The van der Waals surface area contributed by atoms with Crippen LogP contribution in [0, 0.1) is 5.92 Å². The van der Waals surface area contributed by atoms with Gasteiger partial charge in [0.2, 0.25) is 0 Å². The van der Waals surface area contributed by atoms with Gasteiger partial charge in [-0.15, -0.1) is 0 Å². The van der Waals surface area contributed by atoms with E-state index < -0.39 is 0 Å². The van der Waals surface area contributed by atoms with Crippen LogP contribution in [0.2, 0.25) is 0 Å².